The van der Waals surface area contributed by atoms with Crippen molar-refractivity contribution in [3.8, 4) is 0 Å². The first-order valence-corrected chi connectivity index (χ1v) is 7.79. The number of nitrogens with one attached hydrogen (secondary N) is 1. The van der Waals surface area contributed by atoms with Gasteiger partial charge >= 0.3 is 0 Å². The van der Waals surface area contributed by atoms with Gasteiger partial charge < -0.3 is 14.8 Å². The average Bonchev–Trinajstić information content (AvgIpc) is 2.94. The van der Waals surface area contributed by atoms with Crippen LogP contribution in [0.4, 0.5) is 11.6 Å². The molecule has 0 unspecified atom stereocenters. The van der Waals surface area contributed by atoms with Crippen molar-refractivity contribution in [3.05, 3.63) is 34.3 Å². The van der Waals surface area contributed by atoms with Crippen molar-refractivity contribution < 1.29 is 0 Å². The van der Waals surface area contributed by atoms with Gasteiger partial charge in [0.05, 0.1) is 16.6 Å². The molecule has 0 saturated heterocycles. The van der Waals surface area contributed by atoms with Gasteiger partial charge in [-0.2, -0.15) is 0 Å². The summed E-state index contributed by atoms with van der Waals surface area (Å²) < 4.78 is 2.15. The lowest BCUT2D eigenvalue weighted by Crippen LogP contribution is -2.34. The van der Waals surface area contributed by atoms with Crippen molar-refractivity contribution in [2.45, 2.75) is 26.4 Å². The zero-order chi connectivity index (χ0) is 14.8. The molecule has 3 heterocycles. The molecule has 0 fully saturated rings. The molecule has 0 saturated carbocycles. The minimum Gasteiger partial charge on any atom is -0.369 e. The van der Waals surface area contributed by atoms with Crippen LogP contribution in [-0.4, -0.2) is 27.6 Å². The molecule has 1 aliphatic rings. The highest BCUT2D eigenvalue weighted by atomic mass is 35.5. The summed E-state index contributed by atoms with van der Waals surface area (Å²) in [6.45, 7) is 5.37. The summed E-state index contributed by atoms with van der Waals surface area (Å²) in [6, 6.07) is 1.75. The zero-order valence-electron chi connectivity index (χ0n) is 11.8. The summed E-state index contributed by atoms with van der Waals surface area (Å²) in [5.74, 6) is 2.47. The Morgan fingerprint density at radius 1 is 1.29 bits per heavy atom. The highest BCUT2D eigenvalue weighted by Gasteiger charge is 2.21. The number of pyridine rings is 1. The van der Waals surface area contributed by atoms with Crippen LogP contribution in [0.5, 0.6) is 0 Å². The van der Waals surface area contributed by atoms with Gasteiger partial charge in [-0.05, 0) is 12.5 Å². The fourth-order valence-corrected chi connectivity index (χ4v) is 2.95. The minimum absolute atomic E-state index is 0.552. The average molecular weight is 326 g/mol. The topological polar surface area (TPSA) is 46.0 Å². The molecular weight excluding hydrogens is 309 g/mol. The normalized spacial score (nSPS) is 14.1. The van der Waals surface area contributed by atoms with E-state index in [1.165, 1.54) is 0 Å². The van der Waals surface area contributed by atoms with Crippen LogP contribution >= 0.6 is 23.2 Å². The van der Waals surface area contributed by atoms with E-state index in [0.717, 1.165) is 37.7 Å². The van der Waals surface area contributed by atoms with Crippen molar-refractivity contribution in [3.63, 3.8) is 0 Å². The molecule has 0 aliphatic carbocycles. The first kappa shape index (κ1) is 14.5. The third kappa shape index (κ3) is 2.94. The van der Waals surface area contributed by atoms with Crippen LogP contribution in [0.2, 0.25) is 10.0 Å². The van der Waals surface area contributed by atoms with Gasteiger partial charge in [0.2, 0.25) is 0 Å². The van der Waals surface area contributed by atoms with E-state index in [1.54, 1.807) is 6.07 Å². The molecule has 0 bridgehead atoms. The SMILES string of the molecule is CCCNc1nc(N2CCn3ccnc3C2)c(Cl)cc1Cl. The van der Waals surface area contributed by atoms with Crippen LogP contribution in [0.1, 0.15) is 19.2 Å². The Morgan fingerprint density at radius 3 is 2.95 bits per heavy atom. The summed E-state index contributed by atoms with van der Waals surface area (Å²) in [5, 5.41) is 4.36. The van der Waals surface area contributed by atoms with E-state index in [9.17, 15) is 0 Å². The second kappa shape index (κ2) is 6.12. The third-order valence-electron chi connectivity index (χ3n) is 3.50. The summed E-state index contributed by atoms with van der Waals surface area (Å²) in [5.41, 5.74) is 0. The molecule has 0 aromatic carbocycles. The predicted molar refractivity (Wildman–Crippen MR) is 86.3 cm³/mol. The van der Waals surface area contributed by atoms with E-state index in [4.69, 9.17) is 23.2 Å². The summed E-state index contributed by atoms with van der Waals surface area (Å²) >= 11 is 12.5. The van der Waals surface area contributed by atoms with E-state index >= 15 is 0 Å². The minimum atomic E-state index is 0.552. The van der Waals surface area contributed by atoms with E-state index < -0.39 is 0 Å². The van der Waals surface area contributed by atoms with Gasteiger partial charge in [0.25, 0.3) is 0 Å². The Balaban J connectivity index is 1.88. The fourth-order valence-electron chi connectivity index (χ4n) is 2.40. The second-order valence-corrected chi connectivity index (χ2v) is 5.82. The monoisotopic (exact) mass is 325 g/mol. The van der Waals surface area contributed by atoms with Crippen molar-refractivity contribution in [2.75, 3.05) is 23.3 Å². The quantitative estimate of drug-likeness (QED) is 0.935. The summed E-state index contributed by atoms with van der Waals surface area (Å²) in [4.78, 5) is 11.1. The van der Waals surface area contributed by atoms with Gasteiger partial charge in [0.1, 0.15) is 17.5 Å². The van der Waals surface area contributed by atoms with Crippen molar-refractivity contribution in [1.29, 1.82) is 0 Å². The predicted octanol–water partition coefficient (Wildman–Crippen LogP) is 3.43. The van der Waals surface area contributed by atoms with Crippen molar-refractivity contribution in [1.82, 2.24) is 14.5 Å². The molecule has 2 aromatic rings. The lowest BCUT2D eigenvalue weighted by Gasteiger charge is -2.29. The molecule has 3 rings (SSSR count). The Labute approximate surface area is 133 Å². The van der Waals surface area contributed by atoms with Crippen LogP contribution in [0.15, 0.2) is 18.5 Å². The number of anilines is 2. The lowest BCUT2D eigenvalue weighted by molar-refractivity contribution is 0.556. The third-order valence-corrected chi connectivity index (χ3v) is 4.06. The van der Waals surface area contributed by atoms with E-state index in [0.29, 0.717) is 22.4 Å². The standard InChI is InChI=1S/C14H17Cl2N5/c1-2-3-18-13-10(15)8-11(16)14(19-13)21-7-6-20-5-4-17-12(20)9-21/h4-5,8H,2-3,6-7,9H2,1H3,(H,18,19). The highest BCUT2D eigenvalue weighted by molar-refractivity contribution is 6.37. The van der Waals surface area contributed by atoms with Crippen LogP contribution < -0.4 is 10.2 Å². The van der Waals surface area contributed by atoms with Crippen LogP contribution in [0, 0.1) is 0 Å². The Morgan fingerprint density at radius 2 is 2.14 bits per heavy atom. The Bertz CT molecular complexity index is 640. The molecule has 7 heteroatoms. The number of aromatic nitrogens is 3. The van der Waals surface area contributed by atoms with Crippen LogP contribution in [0.25, 0.3) is 0 Å². The molecular formula is C14H17Cl2N5. The molecule has 1 N–H and O–H groups in total. The molecule has 112 valence electrons. The van der Waals surface area contributed by atoms with Crippen LogP contribution in [-0.2, 0) is 13.1 Å². The van der Waals surface area contributed by atoms with Crippen LogP contribution in [0.3, 0.4) is 0 Å². The number of fused-ring (bicyclic) bond motifs is 1. The maximum Gasteiger partial charge on any atom is 0.150 e. The first-order valence-electron chi connectivity index (χ1n) is 7.04. The largest absolute Gasteiger partial charge is 0.369 e. The number of nitrogens with zero attached hydrogens (tertiary/aromatic N) is 4. The number of hydrogen-bond donors (Lipinski definition) is 1. The summed E-state index contributed by atoms with van der Waals surface area (Å²) in [7, 11) is 0. The lowest BCUT2D eigenvalue weighted by atomic mass is 10.3. The van der Waals surface area contributed by atoms with E-state index in [-0.39, 0.29) is 0 Å². The number of halogens is 2. The molecule has 0 atom stereocenters. The highest BCUT2D eigenvalue weighted by Crippen LogP contribution is 2.32. The Kier molecular flexibility index (Phi) is 4.22. The number of rotatable bonds is 4. The smallest absolute Gasteiger partial charge is 0.150 e. The van der Waals surface area contributed by atoms with Gasteiger partial charge in [-0.1, -0.05) is 30.1 Å². The van der Waals surface area contributed by atoms with Gasteiger partial charge in [-0.25, -0.2) is 9.97 Å². The molecule has 2 aromatic heterocycles. The van der Waals surface area contributed by atoms with Crippen molar-refractivity contribution >= 4 is 34.8 Å². The van der Waals surface area contributed by atoms with Crippen molar-refractivity contribution in [2.24, 2.45) is 0 Å². The molecule has 0 spiro atoms. The zero-order valence-corrected chi connectivity index (χ0v) is 13.3. The van der Waals surface area contributed by atoms with Gasteiger partial charge in [-0.15, -0.1) is 0 Å². The molecule has 5 nitrogen and oxygen atoms in total. The molecule has 0 radical (unpaired) electrons. The van der Waals surface area contributed by atoms with Gasteiger partial charge in [0, 0.05) is 32.0 Å². The maximum absolute atomic E-state index is 6.33. The van der Waals surface area contributed by atoms with Gasteiger partial charge in [0.15, 0.2) is 0 Å². The first-order chi connectivity index (χ1) is 10.2. The molecule has 1 aliphatic heterocycles. The summed E-state index contributed by atoms with van der Waals surface area (Å²) in [6.07, 6.45) is 4.83. The second-order valence-electron chi connectivity index (χ2n) is 5.01. The maximum atomic E-state index is 6.33. The van der Waals surface area contributed by atoms with Gasteiger partial charge in [-0.3, -0.25) is 0 Å². The van der Waals surface area contributed by atoms with E-state index in [2.05, 4.69) is 31.7 Å². The van der Waals surface area contributed by atoms with E-state index in [1.807, 2.05) is 12.4 Å². The fraction of sp³-hybridized carbons (Fsp3) is 0.429. The molecule has 21 heavy (non-hydrogen) atoms. The number of hydrogen-bond acceptors (Lipinski definition) is 4. The Hall–Kier alpha value is -1.46. The number of imidazole rings is 1. The molecule has 0 amide bonds.